The maximum absolute atomic E-state index is 10.6. The smallest absolute Gasteiger partial charge is 0.218 e. The number of nitrogens with one attached hydrogen (secondary N) is 1. The van der Waals surface area contributed by atoms with E-state index in [1.165, 1.54) is 11.3 Å². The Balaban J connectivity index is 1.78. The zero-order chi connectivity index (χ0) is 18.1. The fraction of sp³-hybridized carbons (Fsp3) is 0.444. The molecule has 0 amide bonds. The number of hydrogen-bond donors (Lipinski definition) is 2. The van der Waals surface area contributed by atoms with Crippen molar-refractivity contribution in [2.75, 3.05) is 13.1 Å². The Bertz CT molecular complexity index is 883. The van der Waals surface area contributed by atoms with Crippen LogP contribution in [0.4, 0.5) is 0 Å². The van der Waals surface area contributed by atoms with Crippen LogP contribution >= 0.6 is 11.3 Å². The van der Waals surface area contributed by atoms with Crippen LogP contribution in [0.5, 0.6) is 5.88 Å². The van der Waals surface area contributed by atoms with Crippen molar-refractivity contribution in [2.24, 2.45) is 0 Å². The van der Waals surface area contributed by atoms with Crippen molar-refractivity contribution < 1.29 is 5.11 Å². The Kier molecular flexibility index (Phi) is 4.69. The molecule has 0 bridgehead atoms. The highest BCUT2D eigenvalue weighted by Gasteiger charge is 2.22. The van der Waals surface area contributed by atoms with Gasteiger partial charge in [-0.1, -0.05) is 13.8 Å². The van der Waals surface area contributed by atoms with Gasteiger partial charge < -0.3 is 10.4 Å². The second-order valence-corrected chi connectivity index (χ2v) is 7.73. The first-order chi connectivity index (χ1) is 12.6. The molecule has 136 valence electrons. The van der Waals surface area contributed by atoms with E-state index in [0.717, 1.165) is 47.6 Å². The topological polar surface area (TPSA) is 88.8 Å². The van der Waals surface area contributed by atoms with Crippen LogP contribution in [-0.4, -0.2) is 42.9 Å². The third-order valence-electron chi connectivity index (χ3n) is 4.71. The molecule has 1 saturated heterocycles. The van der Waals surface area contributed by atoms with Gasteiger partial charge in [0.05, 0.1) is 28.3 Å². The van der Waals surface area contributed by atoms with Crippen LogP contribution in [0.3, 0.4) is 0 Å². The van der Waals surface area contributed by atoms with E-state index in [1.807, 2.05) is 30.9 Å². The third kappa shape index (κ3) is 3.22. The molecule has 1 aliphatic rings. The average molecular weight is 370 g/mol. The van der Waals surface area contributed by atoms with E-state index in [4.69, 9.17) is 4.98 Å². The number of piperidine rings is 1. The quantitative estimate of drug-likeness (QED) is 0.733. The van der Waals surface area contributed by atoms with Crippen molar-refractivity contribution >= 4 is 11.3 Å². The number of thiazole rings is 1. The molecule has 0 saturated carbocycles. The SMILES string of the molecule is CC(C)c1c(O)nc(-c2cncs2)nc1-c1cnn(C2CCNCC2)c1. The summed E-state index contributed by atoms with van der Waals surface area (Å²) in [7, 11) is 0. The zero-order valence-corrected chi connectivity index (χ0v) is 15.7. The minimum absolute atomic E-state index is 0.0306. The summed E-state index contributed by atoms with van der Waals surface area (Å²) in [5.41, 5.74) is 4.15. The second kappa shape index (κ2) is 7.13. The van der Waals surface area contributed by atoms with E-state index < -0.39 is 0 Å². The van der Waals surface area contributed by atoms with Crippen LogP contribution in [0.15, 0.2) is 24.1 Å². The van der Waals surface area contributed by atoms with E-state index in [-0.39, 0.29) is 11.8 Å². The van der Waals surface area contributed by atoms with Crippen LogP contribution < -0.4 is 5.32 Å². The zero-order valence-electron chi connectivity index (χ0n) is 14.9. The molecular formula is C18H22N6OS. The molecule has 0 aromatic carbocycles. The van der Waals surface area contributed by atoms with Gasteiger partial charge in [0.25, 0.3) is 0 Å². The lowest BCUT2D eigenvalue weighted by molar-refractivity contribution is 0.343. The lowest BCUT2D eigenvalue weighted by Crippen LogP contribution is -2.29. The minimum Gasteiger partial charge on any atom is -0.493 e. The van der Waals surface area contributed by atoms with Gasteiger partial charge in [-0.25, -0.2) is 4.98 Å². The summed E-state index contributed by atoms with van der Waals surface area (Å²) >= 11 is 1.46. The van der Waals surface area contributed by atoms with E-state index in [2.05, 4.69) is 20.4 Å². The highest BCUT2D eigenvalue weighted by Crippen LogP contribution is 2.36. The molecule has 2 N–H and O–H groups in total. The molecule has 3 aromatic rings. The molecule has 0 spiro atoms. The van der Waals surface area contributed by atoms with Crippen molar-refractivity contribution in [3.05, 3.63) is 29.7 Å². The van der Waals surface area contributed by atoms with Gasteiger partial charge in [-0.2, -0.15) is 10.1 Å². The van der Waals surface area contributed by atoms with Crippen LogP contribution in [-0.2, 0) is 0 Å². The predicted molar refractivity (Wildman–Crippen MR) is 101 cm³/mol. The molecule has 4 rings (SSSR count). The van der Waals surface area contributed by atoms with Gasteiger partial charge in [0.1, 0.15) is 0 Å². The second-order valence-electron chi connectivity index (χ2n) is 6.84. The summed E-state index contributed by atoms with van der Waals surface area (Å²) in [6, 6.07) is 0.406. The summed E-state index contributed by atoms with van der Waals surface area (Å²) in [4.78, 5) is 14.0. The van der Waals surface area contributed by atoms with Crippen LogP contribution in [0.2, 0.25) is 0 Å². The first-order valence-electron chi connectivity index (χ1n) is 8.88. The summed E-state index contributed by atoms with van der Waals surface area (Å²) < 4.78 is 2.03. The van der Waals surface area contributed by atoms with E-state index >= 15 is 0 Å². The van der Waals surface area contributed by atoms with Crippen molar-refractivity contribution in [1.82, 2.24) is 30.0 Å². The van der Waals surface area contributed by atoms with Gasteiger partial charge >= 0.3 is 0 Å². The van der Waals surface area contributed by atoms with Gasteiger partial charge in [-0.05, 0) is 31.8 Å². The fourth-order valence-corrected chi connectivity index (χ4v) is 3.93. The van der Waals surface area contributed by atoms with Crippen molar-refractivity contribution in [3.63, 3.8) is 0 Å². The van der Waals surface area contributed by atoms with Gasteiger partial charge in [-0.3, -0.25) is 9.67 Å². The van der Waals surface area contributed by atoms with E-state index in [1.54, 1.807) is 11.7 Å². The number of aromatic hydroxyl groups is 1. The summed E-state index contributed by atoms with van der Waals surface area (Å²) in [6.45, 7) is 6.10. The minimum atomic E-state index is 0.0306. The van der Waals surface area contributed by atoms with Crippen LogP contribution in [0.25, 0.3) is 22.0 Å². The molecule has 7 nitrogen and oxygen atoms in total. The molecular weight excluding hydrogens is 348 g/mol. The Hall–Kier alpha value is -2.32. The van der Waals surface area contributed by atoms with E-state index in [0.29, 0.717) is 11.9 Å². The Morgan fingerprint density at radius 2 is 2.04 bits per heavy atom. The van der Waals surface area contributed by atoms with Crippen LogP contribution in [0, 0.1) is 0 Å². The highest BCUT2D eigenvalue weighted by molar-refractivity contribution is 7.13. The highest BCUT2D eigenvalue weighted by atomic mass is 32.1. The first-order valence-corrected chi connectivity index (χ1v) is 9.76. The normalized spacial score (nSPS) is 15.7. The van der Waals surface area contributed by atoms with Gasteiger partial charge in [0, 0.05) is 23.5 Å². The fourth-order valence-electron chi connectivity index (χ4n) is 3.38. The molecule has 26 heavy (non-hydrogen) atoms. The largest absolute Gasteiger partial charge is 0.493 e. The molecule has 0 atom stereocenters. The first kappa shape index (κ1) is 17.1. The van der Waals surface area contributed by atoms with Crippen molar-refractivity contribution in [1.29, 1.82) is 0 Å². The summed E-state index contributed by atoms with van der Waals surface area (Å²) in [5.74, 6) is 0.629. The van der Waals surface area contributed by atoms with Crippen molar-refractivity contribution in [2.45, 2.75) is 38.6 Å². The molecule has 8 heteroatoms. The Labute approximate surface area is 156 Å². The lowest BCUT2D eigenvalue weighted by atomic mass is 9.99. The third-order valence-corrected chi connectivity index (χ3v) is 5.48. The predicted octanol–water partition coefficient (Wildman–Crippen LogP) is 3.22. The van der Waals surface area contributed by atoms with E-state index in [9.17, 15) is 5.11 Å². The number of aromatic nitrogens is 5. The molecule has 1 aliphatic heterocycles. The monoisotopic (exact) mass is 370 g/mol. The maximum atomic E-state index is 10.6. The van der Waals surface area contributed by atoms with Gasteiger partial charge in [0.2, 0.25) is 5.88 Å². The standard InChI is InChI=1S/C18H22N6OS/c1-11(2)15-16(22-17(23-18(15)25)14-8-20-10-26-14)12-7-21-24(9-12)13-3-5-19-6-4-13/h7-11,13,19H,3-6H2,1-2H3,(H,22,23,25). The number of nitrogens with zero attached hydrogens (tertiary/aromatic N) is 5. The Morgan fingerprint density at radius 1 is 1.23 bits per heavy atom. The summed E-state index contributed by atoms with van der Waals surface area (Å²) in [6.07, 6.45) is 7.74. The molecule has 4 heterocycles. The molecule has 3 aromatic heterocycles. The van der Waals surface area contributed by atoms with Gasteiger partial charge in [0.15, 0.2) is 5.82 Å². The average Bonchev–Trinajstić information content (AvgIpc) is 3.33. The maximum Gasteiger partial charge on any atom is 0.218 e. The van der Waals surface area contributed by atoms with Crippen LogP contribution in [0.1, 0.15) is 44.2 Å². The Morgan fingerprint density at radius 3 is 2.73 bits per heavy atom. The molecule has 1 fully saturated rings. The van der Waals surface area contributed by atoms with Crippen molar-refractivity contribution in [3.8, 4) is 27.8 Å². The lowest BCUT2D eigenvalue weighted by Gasteiger charge is -2.22. The number of rotatable bonds is 4. The molecule has 0 unspecified atom stereocenters. The number of hydrogen-bond acceptors (Lipinski definition) is 7. The molecule has 0 aliphatic carbocycles. The summed E-state index contributed by atoms with van der Waals surface area (Å²) in [5, 5.41) is 18.5. The van der Waals surface area contributed by atoms with Gasteiger partial charge in [-0.15, -0.1) is 11.3 Å². The molecule has 0 radical (unpaired) electrons.